The van der Waals surface area contributed by atoms with E-state index in [0.29, 0.717) is 24.4 Å². The highest BCUT2D eigenvalue weighted by Crippen LogP contribution is 2.17. The zero-order valence-electron chi connectivity index (χ0n) is 16.8. The molecule has 0 radical (unpaired) electrons. The van der Waals surface area contributed by atoms with Gasteiger partial charge in [-0.2, -0.15) is 5.10 Å². The monoisotopic (exact) mass is 477 g/mol. The Balaban J connectivity index is 1.32. The molecule has 0 saturated carbocycles. The van der Waals surface area contributed by atoms with Gasteiger partial charge in [-0.05, 0) is 61.0 Å². The quantitative estimate of drug-likeness (QED) is 0.312. The maximum Gasteiger partial charge on any atom is 0.271 e. The van der Waals surface area contributed by atoms with Crippen molar-refractivity contribution in [2.24, 2.45) is 5.10 Å². The van der Waals surface area contributed by atoms with E-state index < -0.39 is 0 Å². The third kappa shape index (κ3) is 5.35. The number of nitrogens with zero attached hydrogens (tertiary/aromatic N) is 4. The fourth-order valence-corrected chi connectivity index (χ4v) is 3.21. The predicted molar refractivity (Wildman–Crippen MR) is 123 cm³/mol. The number of ether oxygens (including phenoxy) is 1. The maximum absolute atomic E-state index is 12.4. The number of carbonyl (C=O) groups is 1. The summed E-state index contributed by atoms with van der Waals surface area (Å²) in [6.45, 7) is 2.69. The van der Waals surface area contributed by atoms with Crippen LogP contribution in [0.5, 0.6) is 5.75 Å². The van der Waals surface area contributed by atoms with Crippen molar-refractivity contribution >= 4 is 38.6 Å². The van der Waals surface area contributed by atoms with Gasteiger partial charge in [-0.25, -0.2) is 10.1 Å². The Hall–Kier alpha value is -3.52. The summed E-state index contributed by atoms with van der Waals surface area (Å²) in [6, 6.07) is 22.6. The molecule has 1 heterocycles. The van der Waals surface area contributed by atoms with Crippen molar-refractivity contribution in [2.75, 3.05) is 0 Å². The van der Waals surface area contributed by atoms with Gasteiger partial charge in [-0.1, -0.05) is 45.4 Å². The van der Waals surface area contributed by atoms with E-state index in [1.165, 1.54) is 0 Å². The van der Waals surface area contributed by atoms with Crippen LogP contribution >= 0.6 is 15.9 Å². The lowest BCUT2D eigenvalue weighted by atomic mass is 10.1. The normalized spacial score (nSPS) is 11.5. The van der Waals surface area contributed by atoms with Crippen molar-refractivity contribution in [1.29, 1.82) is 0 Å². The Labute approximate surface area is 187 Å². The minimum absolute atomic E-state index is 0.275. The first kappa shape index (κ1) is 20.7. The van der Waals surface area contributed by atoms with Crippen LogP contribution < -0.4 is 10.2 Å². The number of benzene rings is 3. The van der Waals surface area contributed by atoms with Crippen molar-refractivity contribution in [3.8, 4) is 5.75 Å². The summed E-state index contributed by atoms with van der Waals surface area (Å²) in [5.41, 5.74) is 6.54. The third-order valence-corrected chi connectivity index (χ3v) is 5.11. The van der Waals surface area contributed by atoms with Crippen LogP contribution in [0.2, 0.25) is 0 Å². The molecule has 0 aliphatic heterocycles. The van der Waals surface area contributed by atoms with Crippen LogP contribution in [0.3, 0.4) is 0 Å². The van der Waals surface area contributed by atoms with Crippen LogP contribution in [-0.4, -0.2) is 26.6 Å². The van der Waals surface area contributed by atoms with Crippen LogP contribution in [0.25, 0.3) is 11.0 Å². The molecule has 0 fully saturated rings. The van der Waals surface area contributed by atoms with Crippen LogP contribution in [0.4, 0.5) is 0 Å². The molecule has 3 aromatic carbocycles. The molecular formula is C23H20BrN5O2. The summed E-state index contributed by atoms with van der Waals surface area (Å²) < 4.78 is 8.50. The van der Waals surface area contributed by atoms with Crippen LogP contribution in [0.15, 0.2) is 82.4 Å². The molecule has 156 valence electrons. The van der Waals surface area contributed by atoms with Crippen LogP contribution in [0.1, 0.15) is 22.8 Å². The molecule has 4 rings (SSSR count). The van der Waals surface area contributed by atoms with Gasteiger partial charge in [-0.3, -0.25) is 4.79 Å². The molecule has 7 nitrogen and oxygen atoms in total. The molecule has 0 spiro atoms. The van der Waals surface area contributed by atoms with E-state index in [9.17, 15) is 4.79 Å². The predicted octanol–water partition coefficient (Wildman–Crippen LogP) is 4.58. The van der Waals surface area contributed by atoms with E-state index in [0.717, 1.165) is 26.8 Å². The first-order chi connectivity index (χ1) is 15.1. The number of fused-ring (bicyclic) bond motifs is 1. The van der Waals surface area contributed by atoms with E-state index in [2.05, 4.69) is 36.8 Å². The van der Waals surface area contributed by atoms with Crippen LogP contribution in [0, 0.1) is 0 Å². The minimum Gasteiger partial charge on any atom is -0.489 e. The summed E-state index contributed by atoms with van der Waals surface area (Å²) >= 11 is 3.40. The second-order valence-corrected chi connectivity index (χ2v) is 7.88. The highest BCUT2D eigenvalue weighted by molar-refractivity contribution is 9.10. The Kier molecular flexibility index (Phi) is 6.37. The van der Waals surface area contributed by atoms with Gasteiger partial charge in [0.1, 0.15) is 17.9 Å². The summed E-state index contributed by atoms with van der Waals surface area (Å²) in [5, 5.41) is 12.4. The van der Waals surface area contributed by atoms with Crippen LogP contribution in [-0.2, 0) is 13.2 Å². The van der Waals surface area contributed by atoms with E-state index in [-0.39, 0.29) is 5.91 Å². The summed E-state index contributed by atoms with van der Waals surface area (Å²) in [5.74, 6) is 0.512. The Morgan fingerprint density at radius 2 is 1.81 bits per heavy atom. The molecule has 8 heteroatoms. The number of hydrazone groups is 1. The molecule has 0 atom stereocenters. The zero-order valence-corrected chi connectivity index (χ0v) is 18.4. The minimum atomic E-state index is -0.275. The zero-order chi connectivity index (χ0) is 21.6. The fraction of sp³-hybridized carbons (Fsp3) is 0.130. The average molecular weight is 478 g/mol. The van der Waals surface area contributed by atoms with Gasteiger partial charge in [0.25, 0.3) is 5.91 Å². The molecule has 31 heavy (non-hydrogen) atoms. The molecule has 4 aromatic rings. The lowest BCUT2D eigenvalue weighted by Gasteiger charge is -2.07. The molecular weight excluding hydrogens is 458 g/mol. The third-order valence-electron chi connectivity index (χ3n) is 4.58. The van der Waals surface area contributed by atoms with Gasteiger partial charge in [-0.15, -0.1) is 5.10 Å². The number of halogens is 1. The smallest absolute Gasteiger partial charge is 0.271 e. The Morgan fingerprint density at radius 3 is 2.58 bits per heavy atom. The number of hydrogen-bond donors (Lipinski definition) is 1. The Bertz CT molecular complexity index is 1220. The largest absolute Gasteiger partial charge is 0.489 e. The average Bonchev–Trinajstić information content (AvgIpc) is 3.20. The number of amides is 1. The molecule has 0 saturated heterocycles. The first-order valence-corrected chi connectivity index (χ1v) is 10.5. The lowest BCUT2D eigenvalue weighted by Crippen LogP contribution is -2.20. The van der Waals surface area contributed by atoms with Gasteiger partial charge < -0.3 is 4.74 Å². The van der Waals surface area contributed by atoms with Gasteiger partial charge in [0.05, 0.1) is 17.8 Å². The van der Waals surface area contributed by atoms with Gasteiger partial charge in [0.15, 0.2) is 0 Å². The van der Waals surface area contributed by atoms with Crippen molar-refractivity contribution in [1.82, 2.24) is 20.4 Å². The maximum atomic E-state index is 12.4. The molecule has 0 bridgehead atoms. The van der Waals surface area contributed by atoms with E-state index >= 15 is 0 Å². The van der Waals surface area contributed by atoms with E-state index in [4.69, 9.17) is 4.74 Å². The van der Waals surface area contributed by atoms with Crippen molar-refractivity contribution in [3.05, 3.63) is 88.4 Å². The highest BCUT2D eigenvalue weighted by Gasteiger charge is 2.07. The summed E-state index contributed by atoms with van der Waals surface area (Å²) in [6.07, 6.45) is 0. The standard InChI is InChI=1S/C23H20BrN5O2/c1-16(14-29-22-5-3-2-4-21(22)26-28-29)25-27-23(30)18-8-6-17(7-9-18)15-31-20-12-10-19(24)11-13-20/h2-13H,14-15H2,1H3,(H,27,30). The summed E-state index contributed by atoms with van der Waals surface area (Å²) in [4.78, 5) is 12.4. The van der Waals surface area contributed by atoms with Crippen molar-refractivity contribution in [3.63, 3.8) is 0 Å². The number of hydrogen-bond acceptors (Lipinski definition) is 5. The molecule has 1 N–H and O–H groups in total. The highest BCUT2D eigenvalue weighted by atomic mass is 79.9. The number of nitrogens with one attached hydrogen (secondary N) is 1. The van der Waals surface area contributed by atoms with Gasteiger partial charge in [0, 0.05) is 10.0 Å². The fourth-order valence-electron chi connectivity index (χ4n) is 2.95. The molecule has 1 amide bonds. The van der Waals surface area contributed by atoms with E-state index in [1.807, 2.05) is 67.6 Å². The number of carbonyl (C=O) groups excluding carboxylic acids is 1. The number of aromatic nitrogens is 3. The molecule has 0 aliphatic rings. The molecule has 0 aliphatic carbocycles. The van der Waals surface area contributed by atoms with Gasteiger partial charge >= 0.3 is 0 Å². The lowest BCUT2D eigenvalue weighted by molar-refractivity contribution is 0.0954. The molecule has 0 unspecified atom stereocenters. The van der Waals surface area contributed by atoms with Gasteiger partial charge in [0.2, 0.25) is 0 Å². The second-order valence-electron chi connectivity index (χ2n) is 6.96. The Morgan fingerprint density at radius 1 is 1.06 bits per heavy atom. The second kappa shape index (κ2) is 9.53. The topological polar surface area (TPSA) is 81.4 Å². The van der Waals surface area contributed by atoms with E-state index in [1.54, 1.807) is 16.8 Å². The molecule has 1 aromatic heterocycles. The van der Waals surface area contributed by atoms with Crippen molar-refractivity contribution < 1.29 is 9.53 Å². The van der Waals surface area contributed by atoms with Crippen molar-refractivity contribution in [2.45, 2.75) is 20.1 Å². The number of rotatable bonds is 7. The first-order valence-electron chi connectivity index (χ1n) is 9.67. The summed E-state index contributed by atoms with van der Waals surface area (Å²) in [7, 11) is 0. The number of para-hydroxylation sites is 1. The SMILES string of the molecule is CC(Cn1nnc2ccccc21)=NNC(=O)c1ccc(COc2ccc(Br)cc2)cc1.